The number of aromatic hydroxyl groups is 2. The molecule has 34 heavy (non-hydrogen) atoms. The lowest BCUT2D eigenvalue weighted by molar-refractivity contribution is 0.0661. The van der Waals surface area contributed by atoms with Crippen molar-refractivity contribution in [2.24, 2.45) is 5.92 Å². The monoisotopic (exact) mass is 463 g/mol. The van der Waals surface area contributed by atoms with Gasteiger partial charge in [-0.1, -0.05) is 12.1 Å². The summed E-state index contributed by atoms with van der Waals surface area (Å²) in [6, 6.07) is 11.9. The Balaban J connectivity index is 1.37. The highest BCUT2D eigenvalue weighted by Gasteiger charge is 2.31. The number of halogens is 1. The number of allylic oxidation sites excluding steroid dienone is 1. The smallest absolute Gasteiger partial charge is 0.232 e. The van der Waals surface area contributed by atoms with Crippen molar-refractivity contribution in [2.45, 2.75) is 13.0 Å². The fourth-order valence-electron chi connectivity index (χ4n) is 4.43. The zero-order valence-electron chi connectivity index (χ0n) is 18.8. The van der Waals surface area contributed by atoms with Gasteiger partial charge < -0.3 is 19.7 Å². The maximum Gasteiger partial charge on any atom is 0.232 e. The Kier molecular flexibility index (Phi) is 6.06. The first-order chi connectivity index (χ1) is 16.5. The number of nitrogens with zero attached hydrogens (tertiary/aromatic N) is 3. The van der Waals surface area contributed by atoms with Crippen molar-refractivity contribution in [3.63, 3.8) is 0 Å². The summed E-state index contributed by atoms with van der Waals surface area (Å²) in [5.41, 5.74) is 4.10. The number of alkyl halides is 1. The molecule has 0 aliphatic carbocycles. The van der Waals surface area contributed by atoms with Crippen LogP contribution in [0.2, 0.25) is 0 Å². The van der Waals surface area contributed by atoms with Gasteiger partial charge in [-0.05, 0) is 48.4 Å². The molecule has 2 aliphatic heterocycles. The molecule has 3 aromatic rings. The van der Waals surface area contributed by atoms with Crippen molar-refractivity contribution in [2.75, 3.05) is 32.9 Å². The Morgan fingerprint density at radius 2 is 1.82 bits per heavy atom. The van der Waals surface area contributed by atoms with Crippen LogP contribution in [-0.4, -0.2) is 58.0 Å². The summed E-state index contributed by atoms with van der Waals surface area (Å²) in [7, 11) is 0. The number of aromatic nitrogens is 2. The third-order valence-corrected chi connectivity index (χ3v) is 6.28. The molecule has 8 heteroatoms. The van der Waals surface area contributed by atoms with E-state index in [9.17, 15) is 14.6 Å². The van der Waals surface area contributed by atoms with Gasteiger partial charge in [0.25, 0.3) is 0 Å². The number of phenols is 2. The Labute approximate surface area is 197 Å². The fraction of sp³-hybridized carbons (Fsp3) is 0.308. The number of hydrogen-bond acceptors (Lipinski definition) is 7. The van der Waals surface area contributed by atoms with Gasteiger partial charge >= 0.3 is 0 Å². The van der Waals surface area contributed by atoms with E-state index in [0.29, 0.717) is 23.9 Å². The topological polar surface area (TPSA) is 87.9 Å². The summed E-state index contributed by atoms with van der Waals surface area (Å²) in [5.74, 6) is 1.55. The first kappa shape index (κ1) is 22.2. The van der Waals surface area contributed by atoms with E-state index in [2.05, 4.69) is 14.9 Å². The summed E-state index contributed by atoms with van der Waals surface area (Å²) in [4.78, 5) is 11.1. The van der Waals surface area contributed by atoms with Crippen LogP contribution >= 0.6 is 0 Å². The summed E-state index contributed by atoms with van der Waals surface area (Å²) >= 11 is 0. The van der Waals surface area contributed by atoms with Crippen molar-refractivity contribution in [3.8, 4) is 23.1 Å². The molecule has 5 rings (SSSR count). The van der Waals surface area contributed by atoms with Crippen LogP contribution in [-0.2, 0) is 0 Å². The van der Waals surface area contributed by atoms with Crippen LogP contribution in [0.25, 0.3) is 11.1 Å². The molecule has 0 radical (unpaired) electrons. The summed E-state index contributed by atoms with van der Waals surface area (Å²) in [6.45, 7) is 4.44. The second-order valence-corrected chi connectivity index (χ2v) is 8.67. The zero-order valence-corrected chi connectivity index (χ0v) is 18.8. The standard InChI is InChI=1S/C26H26FN3O4/c1-16-21-10-20(32)6-7-23(21)34-26(25(16)18-2-4-19(31)5-3-18)22-12-29-24(13-28-22)33-9-8-30-14-17(11-27)15-30/h2-7,10,12-13,17,26,31-32H,8-9,11,14-15H2,1H3. The summed E-state index contributed by atoms with van der Waals surface area (Å²) in [6.07, 6.45) is 2.69. The molecule has 0 bridgehead atoms. The van der Waals surface area contributed by atoms with Crippen LogP contribution in [0.15, 0.2) is 54.9 Å². The molecular weight excluding hydrogens is 437 g/mol. The fourth-order valence-corrected chi connectivity index (χ4v) is 4.43. The Bertz CT molecular complexity index is 1190. The molecule has 2 N–H and O–H groups in total. The highest BCUT2D eigenvalue weighted by Crippen LogP contribution is 2.47. The molecule has 2 aromatic carbocycles. The van der Waals surface area contributed by atoms with Crippen LogP contribution < -0.4 is 9.47 Å². The molecule has 7 nitrogen and oxygen atoms in total. The van der Waals surface area contributed by atoms with Gasteiger partial charge in [0.05, 0.1) is 19.1 Å². The highest BCUT2D eigenvalue weighted by molar-refractivity contribution is 5.95. The molecule has 0 saturated carbocycles. The van der Waals surface area contributed by atoms with Crippen LogP contribution in [0.5, 0.6) is 23.1 Å². The average molecular weight is 464 g/mol. The quantitative estimate of drug-likeness (QED) is 0.542. The number of fused-ring (bicyclic) bond motifs is 1. The molecular formula is C26H26FN3O4. The summed E-state index contributed by atoms with van der Waals surface area (Å²) < 4.78 is 24.6. The van der Waals surface area contributed by atoms with E-state index in [1.54, 1.807) is 42.7 Å². The largest absolute Gasteiger partial charge is 0.508 e. The summed E-state index contributed by atoms with van der Waals surface area (Å²) in [5, 5.41) is 19.7. The van der Waals surface area contributed by atoms with Crippen LogP contribution in [0.4, 0.5) is 4.39 Å². The number of rotatable bonds is 7. The van der Waals surface area contributed by atoms with Crippen molar-refractivity contribution in [3.05, 3.63) is 71.7 Å². The number of likely N-dealkylation sites (tertiary alicyclic amines) is 1. The van der Waals surface area contributed by atoms with Crippen molar-refractivity contribution in [1.82, 2.24) is 14.9 Å². The number of phenolic OH excluding ortho intramolecular Hbond substituents is 2. The van der Waals surface area contributed by atoms with E-state index in [-0.39, 0.29) is 24.1 Å². The zero-order chi connectivity index (χ0) is 23.7. The van der Waals surface area contributed by atoms with Crippen molar-refractivity contribution < 1.29 is 24.1 Å². The van der Waals surface area contributed by atoms with Gasteiger partial charge in [0, 0.05) is 36.7 Å². The van der Waals surface area contributed by atoms with Crippen molar-refractivity contribution >= 4 is 11.1 Å². The lowest BCUT2D eigenvalue weighted by atomic mass is 9.88. The number of ether oxygens (including phenoxy) is 2. The third-order valence-electron chi connectivity index (χ3n) is 6.28. The predicted molar refractivity (Wildman–Crippen MR) is 126 cm³/mol. The van der Waals surface area contributed by atoms with E-state index < -0.39 is 6.10 Å². The Hall–Kier alpha value is -3.65. The molecule has 1 saturated heterocycles. The molecule has 0 spiro atoms. The highest BCUT2D eigenvalue weighted by atomic mass is 19.1. The number of hydrogen-bond donors (Lipinski definition) is 2. The first-order valence-corrected chi connectivity index (χ1v) is 11.2. The maximum absolute atomic E-state index is 12.6. The number of benzene rings is 2. The minimum Gasteiger partial charge on any atom is -0.508 e. The Morgan fingerprint density at radius 3 is 2.53 bits per heavy atom. The normalized spacial score (nSPS) is 18.2. The van der Waals surface area contributed by atoms with Crippen LogP contribution in [0, 0.1) is 5.92 Å². The van der Waals surface area contributed by atoms with Gasteiger partial charge in [-0.15, -0.1) is 0 Å². The molecule has 1 aromatic heterocycles. The van der Waals surface area contributed by atoms with Gasteiger partial charge in [-0.2, -0.15) is 0 Å². The van der Waals surface area contributed by atoms with E-state index in [1.165, 1.54) is 0 Å². The predicted octanol–water partition coefficient (Wildman–Crippen LogP) is 4.23. The SMILES string of the molecule is CC1=C(c2ccc(O)cc2)C(c2cnc(OCCN3CC(CF)C3)cn2)Oc2ccc(O)cc21. The van der Waals surface area contributed by atoms with E-state index in [4.69, 9.17) is 9.47 Å². The molecule has 2 aliphatic rings. The first-order valence-electron chi connectivity index (χ1n) is 11.2. The van der Waals surface area contributed by atoms with E-state index in [0.717, 1.165) is 41.9 Å². The van der Waals surface area contributed by atoms with Gasteiger partial charge in [0.15, 0.2) is 6.10 Å². The second kappa shape index (κ2) is 9.30. The minimum absolute atomic E-state index is 0.156. The molecule has 3 heterocycles. The lowest BCUT2D eigenvalue weighted by Gasteiger charge is -2.37. The van der Waals surface area contributed by atoms with Gasteiger partial charge in [-0.25, -0.2) is 9.97 Å². The lowest BCUT2D eigenvalue weighted by Crippen LogP contribution is -2.49. The molecule has 1 fully saturated rings. The van der Waals surface area contributed by atoms with Crippen LogP contribution in [0.3, 0.4) is 0 Å². The van der Waals surface area contributed by atoms with Crippen LogP contribution in [0.1, 0.15) is 29.8 Å². The average Bonchev–Trinajstić information content (AvgIpc) is 2.82. The maximum atomic E-state index is 12.6. The van der Waals surface area contributed by atoms with Crippen molar-refractivity contribution in [1.29, 1.82) is 0 Å². The molecule has 176 valence electrons. The van der Waals surface area contributed by atoms with Gasteiger partial charge in [0.2, 0.25) is 5.88 Å². The van der Waals surface area contributed by atoms with Gasteiger partial charge in [-0.3, -0.25) is 9.29 Å². The molecule has 1 unspecified atom stereocenters. The Morgan fingerprint density at radius 1 is 1.06 bits per heavy atom. The second-order valence-electron chi connectivity index (χ2n) is 8.67. The minimum atomic E-state index is -0.526. The third kappa shape index (κ3) is 4.41. The van der Waals surface area contributed by atoms with Gasteiger partial charge in [0.1, 0.15) is 29.5 Å². The van der Waals surface area contributed by atoms with E-state index >= 15 is 0 Å². The molecule has 0 amide bonds. The van der Waals surface area contributed by atoms with E-state index in [1.807, 2.05) is 19.1 Å². The molecule has 1 atom stereocenters.